The number of phenolic OH excluding ortho intramolecular Hbond substituents is 1. The number of hydrogen-bond donors (Lipinski definition) is 3. The molecular weight excluding hydrogens is 345 g/mol. The Morgan fingerprint density at radius 2 is 1.92 bits per heavy atom. The normalized spacial score (nSPS) is 11.4. The second-order valence-electron chi connectivity index (χ2n) is 5.14. The monoisotopic (exact) mass is 358 g/mol. The number of aryl methyl sites for hydroxylation is 1. The number of carbonyl (C=O) groups is 2. The Morgan fingerprint density at radius 1 is 1.24 bits per heavy atom. The van der Waals surface area contributed by atoms with Gasteiger partial charge in [-0.2, -0.15) is 13.2 Å². The van der Waals surface area contributed by atoms with E-state index >= 15 is 0 Å². The number of benzene rings is 1. The van der Waals surface area contributed by atoms with Gasteiger partial charge < -0.3 is 20.2 Å². The lowest BCUT2D eigenvalue weighted by molar-refractivity contribution is -0.137. The third kappa shape index (κ3) is 4.49. The number of nitrogens with one attached hydrogen (secondary N) is 2. The van der Waals surface area contributed by atoms with E-state index in [4.69, 9.17) is 4.42 Å². The molecule has 0 aliphatic heterocycles. The molecule has 0 aliphatic rings. The highest BCUT2D eigenvalue weighted by Crippen LogP contribution is 2.23. The van der Waals surface area contributed by atoms with E-state index in [9.17, 15) is 32.7 Å². The highest BCUT2D eigenvalue weighted by atomic mass is 19.4. The van der Waals surface area contributed by atoms with Gasteiger partial charge in [0.15, 0.2) is 0 Å². The average Bonchev–Trinajstić information content (AvgIpc) is 2.51. The van der Waals surface area contributed by atoms with Crippen LogP contribution in [0.25, 0.3) is 11.0 Å². The van der Waals surface area contributed by atoms with E-state index in [1.54, 1.807) is 5.32 Å². The number of carbonyl (C=O) groups excluding carboxylic acids is 2. The van der Waals surface area contributed by atoms with Crippen LogP contribution in [0.5, 0.6) is 5.75 Å². The van der Waals surface area contributed by atoms with Crippen LogP contribution in [0.15, 0.2) is 27.4 Å². The summed E-state index contributed by atoms with van der Waals surface area (Å²) in [4.78, 5) is 35.3. The van der Waals surface area contributed by atoms with Gasteiger partial charge in [-0.1, -0.05) is 0 Å². The summed E-state index contributed by atoms with van der Waals surface area (Å²) < 4.78 is 40.9. The van der Waals surface area contributed by atoms with E-state index in [2.05, 4.69) is 5.32 Å². The van der Waals surface area contributed by atoms with Crippen LogP contribution in [0.1, 0.15) is 15.9 Å². The number of amides is 2. The molecule has 1 aromatic heterocycles. The first-order chi connectivity index (χ1) is 11.6. The number of hydrogen-bond acceptors (Lipinski definition) is 5. The van der Waals surface area contributed by atoms with Crippen LogP contribution in [0, 0.1) is 6.92 Å². The van der Waals surface area contributed by atoms with Gasteiger partial charge in [-0.05, 0) is 30.7 Å². The van der Waals surface area contributed by atoms with E-state index < -0.39 is 42.3 Å². The minimum Gasteiger partial charge on any atom is -0.508 e. The van der Waals surface area contributed by atoms with Crippen molar-refractivity contribution < 1.29 is 32.3 Å². The van der Waals surface area contributed by atoms with E-state index in [1.807, 2.05) is 0 Å². The Balaban J connectivity index is 2.17. The molecule has 0 saturated heterocycles. The Morgan fingerprint density at radius 3 is 2.56 bits per heavy atom. The van der Waals surface area contributed by atoms with Crippen molar-refractivity contribution in [2.24, 2.45) is 0 Å². The lowest BCUT2D eigenvalue weighted by Gasteiger charge is -2.10. The second-order valence-corrected chi connectivity index (χ2v) is 5.14. The summed E-state index contributed by atoms with van der Waals surface area (Å²) in [5.74, 6) is -2.15. The molecule has 1 heterocycles. The van der Waals surface area contributed by atoms with Crippen molar-refractivity contribution in [3.63, 3.8) is 0 Å². The zero-order valence-corrected chi connectivity index (χ0v) is 12.9. The van der Waals surface area contributed by atoms with Gasteiger partial charge in [0.1, 0.15) is 23.4 Å². The van der Waals surface area contributed by atoms with E-state index in [0.29, 0.717) is 5.39 Å². The second kappa shape index (κ2) is 6.83. The van der Waals surface area contributed by atoms with Gasteiger partial charge in [0.25, 0.3) is 5.91 Å². The molecule has 0 fully saturated rings. The number of phenols is 1. The van der Waals surface area contributed by atoms with Crippen molar-refractivity contribution >= 4 is 22.8 Å². The van der Waals surface area contributed by atoms with E-state index in [0.717, 1.165) is 0 Å². The van der Waals surface area contributed by atoms with Gasteiger partial charge in [0.2, 0.25) is 5.91 Å². The fourth-order valence-electron chi connectivity index (χ4n) is 2.11. The number of aromatic hydroxyl groups is 1. The minimum absolute atomic E-state index is 0.109. The lowest BCUT2D eigenvalue weighted by atomic mass is 10.1. The molecule has 2 rings (SSSR count). The SMILES string of the molecule is Cc1c(C(=O)NCC(=O)NCC(F)(F)F)c(=O)oc2ccc(O)cc12. The molecule has 3 N–H and O–H groups in total. The molecule has 2 amide bonds. The first-order valence-corrected chi connectivity index (χ1v) is 6.96. The van der Waals surface area contributed by atoms with Crippen LogP contribution >= 0.6 is 0 Å². The number of halogens is 3. The maximum atomic E-state index is 12.1. The maximum absolute atomic E-state index is 12.1. The van der Waals surface area contributed by atoms with Crippen molar-refractivity contribution in [3.05, 3.63) is 39.7 Å². The van der Waals surface area contributed by atoms with Gasteiger partial charge in [-0.3, -0.25) is 9.59 Å². The largest absolute Gasteiger partial charge is 0.508 e. The quantitative estimate of drug-likeness (QED) is 0.712. The maximum Gasteiger partial charge on any atom is 0.405 e. The summed E-state index contributed by atoms with van der Waals surface area (Å²) in [6.45, 7) is -0.832. The molecule has 25 heavy (non-hydrogen) atoms. The zero-order valence-electron chi connectivity index (χ0n) is 12.9. The fourth-order valence-corrected chi connectivity index (χ4v) is 2.11. The summed E-state index contributed by atoms with van der Waals surface area (Å²) in [5, 5.41) is 13.4. The number of rotatable bonds is 4. The van der Waals surface area contributed by atoms with Crippen molar-refractivity contribution in [3.8, 4) is 5.75 Å². The van der Waals surface area contributed by atoms with Crippen molar-refractivity contribution in [1.29, 1.82) is 0 Å². The van der Waals surface area contributed by atoms with Crippen LogP contribution in [0.3, 0.4) is 0 Å². The van der Waals surface area contributed by atoms with Gasteiger partial charge in [0.05, 0.1) is 6.54 Å². The van der Waals surface area contributed by atoms with Crippen LogP contribution in [0.2, 0.25) is 0 Å². The van der Waals surface area contributed by atoms with E-state index in [1.165, 1.54) is 25.1 Å². The van der Waals surface area contributed by atoms with Crippen LogP contribution < -0.4 is 16.3 Å². The smallest absolute Gasteiger partial charge is 0.405 e. The van der Waals surface area contributed by atoms with Gasteiger partial charge in [-0.25, -0.2) is 4.79 Å². The summed E-state index contributed by atoms with van der Waals surface area (Å²) >= 11 is 0. The zero-order chi connectivity index (χ0) is 18.8. The van der Waals surface area contributed by atoms with Crippen LogP contribution in [-0.2, 0) is 4.79 Å². The lowest BCUT2D eigenvalue weighted by Crippen LogP contribution is -2.41. The molecule has 0 aliphatic carbocycles. The van der Waals surface area contributed by atoms with Gasteiger partial charge in [-0.15, -0.1) is 0 Å². The molecule has 2 aromatic rings. The van der Waals surface area contributed by atoms with Crippen LogP contribution in [0.4, 0.5) is 13.2 Å². The molecule has 0 atom stereocenters. The molecule has 0 unspecified atom stereocenters. The first kappa shape index (κ1) is 18.3. The fraction of sp³-hybridized carbons (Fsp3) is 0.267. The van der Waals surface area contributed by atoms with Gasteiger partial charge >= 0.3 is 11.8 Å². The third-order valence-electron chi connectivity index (χ3n) is 3.27. The van der Waals surface area contributed by atoms with Gasteiger partial charge in [0, 0.05) is 5.39 Å². The molecule has 134 valence electrons. The van der Waals surface area contributed by atoms with Crippen LogP contribution in [-0.4, -0.2) is 36.2 Å². The van der Waals surface area contributed by atoms with E-state index in [-0.39, 0.29) is 16.9 Å². The molecular formula is C15H13F3N2O5. The number of fused-ring (bicyclic) bond motifs is 1. The predicted molar refractivity (Wildman–Crippen MR) is 80.3 cm³/mol. The van der Waals surface area contributed by atoms with Crippen molar-refractivity contribution in [2.75, 3.05) is 13.1 Å². The molecule has 0 saturated carbocycles. The Kier molecular flexibility index (Phi) is 5.00. The number of alkyl halides is 3. The summed E-state index contributed by atoms with van der Waals surface area (Å²) in [6.07, 6.45) is -4.57. The molecule has 10 heteroatoms. The standard InChI is InChI=1S/C15H13F3N2O5/c1-7-9-4-8(21)2-3-10(9)25-14(24)12(7)13(23)19-5-11(22)20-6-15(16,17)18/h2-4,21H,5-6H2,1H3,(H,19,23)(H,20,22). The first-order valence-electron chi connectivity index (χ1n) is 6.96. The average molecular weight is 358 g/mol. The molecule has 1 aromatic carbocycles. The predicted octanol–water partition coefficient (Wildman–Crippen LogP) is 1.22. The van der Waals surface area contributed by atoms with Crippen molar-refractivity contribution in [2.45, 2.75) is 13.1 Å². The molecule has 0 spiro atoms. The molecule has 0 radical (unpaired) electrons. The molecule has 7 nitrogen and oxygen atoms in total. The Bertz CT molecular complexity index is 889. The highest BCUT2D eigenvalue weighted by Gasteiger charge is 2.27. The summed E-state index contributed by atoms with van der Waals surface area (Å²) in [6, 6.07) is 3.95. The molecule has 0 bridgehead atoms. The summed E-state index contributed by atoms with van der Waals surface area (Å²) in [5.41, 5.74) is -1.01. The topological polar surface area (TPSA) is 109 Å². The summed E-state index contributed by atoms with van der Waals surface area (Å²) in [7, 11) is 0. The Hall–Kier alpha value is -3.04. The van der Waals surface area contributed by atoms with Crippen molar-refractivity contribution in [1.82, 2.24) is 10.6 Å². The third-order valence-corrected chi connectivity index (χ3v) is 3.27. The highest BCUT2D eigenvalue weighted by molar-refractivity contribution is 6.00. The minimum atomic E-state index is -4.57. The Labute approximate surface area is 138 Å².